The third-order valence-electron chi connectivity index (χ3n) is 4.35. The Hall–Kier alpha value is -2.64. The molecule has 0 amide bonds. The van der Waals surface area contributed by atoms with Crippen molar-refractivity contribution in [2.75, 3.05) is 42.3 Å². The van der Waals surface area contributed by atoms with Gasteiger partial charge in [-0.1, -0.05) is 11.3 Å². The lowest BCUT2D eigenvalue weighted by atomic mass is 10.2. The van der Waals surface area contributed by atoms with Gasteiger partial charge in [0.25, 0.3) is 0 Å². The Balaban J connectivity index is 1.50. The molecule has 26 heavy (non-hydrogen) atoms. The molecule has 4 rings (SSSR count). The van der Waals surface area contributed by atoms with Crippen molar-refractivity contribution in [1.29, 1.82) is 0 Å². The molecule has 0 saturated carbocycles. The maximum atomic E-state index is 5.82. The Kier molecular flexibility index (Phi) is 4.73. The topological polar surface area (TPSA) is 76.3 Å². The minimum atomic E-state index is 0.586. The summed E-state index contributed by atoms with van der Waals surface area (Å²) in [5, 5.41) is 3.95. The Morgan fingerprint density at radius 2 is 1.92 bits per heavy atom. The van der Waals surface area contributed by atoms with Crippen LogP contribution in [-0.4, -0.2) is 36.3 Å². The molecule has 1 fully saturated rings. The van der Waals surface area contributed by atoms with E-state index in [4.69, 9.17) is 10.5 Å². The number of aromatic nitrogens is 2. The molecule has 3 aromatic rings. The summed E-state index contributed by atoms with van der Waals surface area (Å²) in [6, 6.07) is 12.4. The van der Waals surface area contributed by atoms with Crippen LogP contribution in [0.25, 0.3) is 10.4 Å². The number of nitrogens with one attached hydrogen (secondary N) is 1. The highest BCUT2D eigenvalue weighted by atomic mass is 32.1. The summed E-state index contributed by atoms with van der Waals surface area (Å²) >= 11 is 1.50. The lowest BCUT2D eigenvalue weighted by Crippen LogP contribution is -2.36. The van der Waals surface area contributed by atoms with Gasteiger partial charge in [-0.15, -0.1) is 0 Å². The molecule has 0 atom stereocenters. The number of nitrogens with zero attached hydrogens (tertiary/aromatic N) is 3. The first-order chi connectivity index (χ1) is 12.7. The van der Waals surface area contributed by atoms with Crippen molar-refractivity contribution in [3.63, 3.8) is 0 Å². The van der Waals surface area contributed by atoms with Crippen LogP contribution in [0.5, 0.6) is 0 Å². The molecular weight excluding hydrogens is 346 g/mol. The summed E-state index contributed by atoms with van der Waals surface area (Å²) in [6.07, 6.45) is 1.80. The third-order valence-corrected chi connectivity index (χ3v) is 5.39. The number of rotatable bonds is 4. The summed E-state index contributed by atoms with van der Waals surface area (Å²) in [7, 11) is 0. The van der Waals surface area contributed by atoms with Crippen LogP contribution in [0.2, 0.25) is 0 Å². The Morgan fingerprint density at radius 3 is 2.62 bits per heavy atom. The second-order valence-corrected chi connectivity index (χ2v) is 7.20. The molecule has 1 aliphatic heterocycles. The number of nitrogens with two attached hydrogens (primary N) is 1. The van der Waals surface area contributed by atoms with Gasteiger partial charge in [-0.2, -0.15) is 0 Å². The van der Waals surface area contributed by atoms with Gasteiger partial charge in [-0.3, -0.25) is 0 Å². The minimum Gasteiger partial charge on any atom is -0.378 e. The molecule has 1 saturated heterocycles. The van der Waals surface area contributed by atoms with Crippen LogP contribution < -0.4 is 16.0 Å². The number of hydrogen-bond donors (Lipinski definition) is 2. The van der Waals surface area contributed by atoms with E-state index in [2.05, 4.69) is 44.5 Å². The molecule has 2 aromatic heterocycles. The second kappa shape index (κ2) is 7.31. The molecule has 0 aliphatic carbocycles. The van der Waals surface area contributed by atoms with E-state index < -0.39 is 0 Å². The number of morpholine rings is 1. The largest absolute Gasteiger partial charge is 0.378 e. The predicted molar refractivity (Wildman–Crippen MR) is 107 cm³/mol. The van der Waals surface area contributed by atoms with Crippen LogP contribution in [0.4, 0.5) is 22.3 Å². The van der Waals surface area contributed by atoms with Crippen molar-refractivity contribution >= 4 is 33.7 Å². The molecule has 0 bridgehead atoms. The van der Waals surface area contributed by atoms with Crippen LogP contribution in [0.15, 0.2) is 42.6 Å². The average molecular weight is 367 g/mol. The Morgan fingerprint density at radius 1 is 1.15 bits per heavy atom. The fraction of sp³-hybridized carbons (Fsp3) is 0.263. The Labute approximate surface area is 156 Å². The van der Waals surface area contributed by atoms with Gasteiger partial charge in [0.1, 0.15) is 5.82 Å². The van der Waals surface area contributed by atoms with E-state index in [9.17, 15) is 0 Å². The maximum Gasteiger partial charge on any atom is 0.180 e. The standard InChI is InChI=1S/C19H21N5OS/c1-13-18(26-19(20)22-13)14-6-7-21-17(12-14)23-15-2-4-16(5-3-15)24-8-10-25-11-9-24/h2-7,12H,8-11H2,1H3,(H2,20,22)(H,21,23). The van der Waals surface area contributed by atoms with E-state index in [1.165, 1.54) is 17.0 Å². The summed E-state index contributed by atoms with van der Waals surface area (Å²) in [4.78, 5) is 12.1. The highest BCUT2D eigenvalue weighted by Gasteiger charge is 2.11. The molecule has 3 heterocycles. The lowest BCUT2D eigenvalue weighted by Gasteiger charge is -2.28. The van der Waals surface area contributed by atoms with Gasteiger partial charge < -0.3 is 20.7 Å². The number of thiazole rings is 1. The van der Waals surface area contributed by atoms with Crippen molar-refractivity contribution < 1.29 is 4.74 Å². The van der Waals surface area contributed by atoms with Gasteiger partial charge in [0.05, 0.1) is 23.8 Å². The number of anilines is 4. The van der Waals surface area contributed by atoms with Crippen molar-refractivity contribution in [3.05, 3.63) is 48.3 Å². The smallest absolute Gasteiger partial charge is 0.180 e. The summed E-state index contributed by atoms with van der Waals surface area (Å²) in [5.41, 5.74) is 10.1. The molecule has 6 nitrogen and oxygen atoms in total. The van der Waals surface area contributed by atoms with Crippen LogP contribution in [0.1, 0.15) is 5.69 Å². The summed E-state index contributed by atoms with van der Waals surface area (Å²) < 4.78 is 5.41. The SMILES string of the molecule is Cc1nc(N)sc1-c1ccnc(Nc2ccc(N3CCOCC3)cc2)c1. The maximum absolute atomic E-state index is 5.82. The number of aryl methyl sites for hydroxylation is 1. The van der Waals surface area contributed by atoms with Gasteiger partial charge in [0.15, 0.2) is 5.13 Å². The van der Waals surface area contributed by atoms with Crippen LogP contribution in [0.3, 0.4) is 0 Å². The van der Waals surface area contributed by atoms with E-state index in [1.54, 1.807) is 6.20 Å². The number of nitrogen functional groups attached to an aromatic ring is 1. The van der Waals surface area contributed by atoms with Gasteiger partial charge >= 0.3 is 0 Å². The zero-order valence-electron chi connectivity index (χ0n) is 14.6. The van der Waals surface area contributed by atoms with E-state index in [-0.39, 0.29) is 0 Å². The molecule has 134 valence electrons. The van der Waals surface area contributed by atoms with Crippen molar-refractivity contribution in [2.45, 2.75) is 6.92 Å². The molecule has 1 aliphatic rings. The molecule has 1 aromatic carbocycles. The first kappa shape index (κ1) is 16.8. The molecule has 0 radical (unpaired) electrons. The first-order valence-corrected chi connectivity index (χ1v) is 9.40. The molecular formula is C19H21N5OS. The zero-order valence-corrected chi connectivity index (χ0v) is 15.4. The summed E-state index contributed by atoms with van der Waals surface area (Å²) in [6.45, 7) is 5.43. The van der Waals surface area contributed by atoms with E-state index in [1.807, 2.05) is 19.1 Å². The molecule has 3 N–H and O–H groups in total. The van der Waals surface area contributed by atoms with E-state index >= 15 is 0 Å². The van der Waals surface area contributed by atoms with Gasteiger partial charge in [0, 0.05) is 30.7 Å². The zero-order chi connectivity index (χ0) is 17.9. The first-order valence-electron chi connectivity index (χ1n) is 8.58. The normalized spacial score (nSPS) is 14.4. The second-order valence-electron chi connectivity index (χ2n) is 6.17. The third kappa shape index (κ3) is 3.63. The van der Waals surface area contributed by atoms with Gasteiger partial charge in [-0.05, 0) is 48.9 Å². The number of benzene rings is 1. The highest BCUT2D eigenvalue weighted by Crippen LogP contribution is 2.32. The summed E-state index contributed by atoms with van der Waals surface area (Å²) in [5.74, 6) is 0.799. The number of pyridine rings is 1. The molecule has 0 spiro atoms. The molecule has 0 unspecified atom stereocenters. The fourth-order valence-electron chi connectivity index (χ4n) is 3.05. The Bertz CT molecular complexity index is 887. The van der Waals surface area contributed by atoms with Gasteiger partial charge in [0.2, 0.25) is 0 Å². The number of hydrogen-bond acceptors (Lipinski definition) is 7. The van der Waals surface area contributed by atoms with Crippen molar-refractivity contribution in [2.24, 2.45) is 0 Å². The van der Waals surface area contributed by atoms with Crippen LogP contribution in [-0.2, 0) is 4.74 Å². The monoisotopic (exact) mass is 367 g/mol. The lowest BCUT2D eigenvalue weighted by molar-refractivity contribution is 0.122. The van der Waals surface area contributed by atoms with Crippen molar-refractivity contribution in [1.82, 2.24) is 9.97 Å². The quantitative estimate of drug-likeness (QED) is 0.733. The van der Waals surface area contributed by atoms with Gasteiger partial charge in [-0.25, -0.2) is 9.97 Å². The highest BCUT2D eigenvalue weighted by molar-refractivity contribution is 7.18. The van der Waals surface area contributed by atoms with Crippen LogP contribution in [0, 0.1) is 6.92 Å². The van der Waals surface area contributed by atoms with E-state index in [0.717, 1.165) is 53.9 Å². The van der Waals surface area contributed by atoms with Crippen molar-refractivity contribution in [3.8, 4) is 10.4 Å². The molecule has 7 heteroatoms. The van der Waals surface area contributed by atoms with E-state index in [0.29, 0.717) is 5.13 Å². The van der Waals surface area contributed by atoms with Crippen LogP contribution >= 0.6 is 11.3 Å². The minimum absolute atomic E-state index is 0.586. The predicted octanol–water partition coefficient (Wildman–Crippen LogP) is 3.68. The average Bonchev–Trinajstić information content (AvgIpc) is 3.01. The fourth-order valence-corrected chi connectivity index (χ4v) is 3.88. The number of ether oxygens (including phenoxy) is 1.